The zero-order chi connectivity index (χ0) is 29.5. The first-order valence-electron chi connectivity index (χ1n) is 13.8. The number of benzene rings is 3. The van der Waals surface area contributed by atoms with E-state index >= 15 is 0 Å². The third-order valence-corrected chi connectivity index (χ3v) is 7.00. The van der Waals surface area contributed by atoms with Crippen molar-refractivity contribution in [2.45, 2.75) is 39.2 Å². The number of fused-ring (bicyclic) bond motifs is 1. The Bertz CT molecular complexity index is 1710. The third kappa shape index (κ3) is 6.96. The van der Waals surface area contributed by atoms with Gasteiger partial charge in [-0.25, -0.2) is 4.98 Å². The molecule has 2 aromatic heterocycles. The molecule has 0 amide bonds. The maximum Gasteiger partial charge on any atom is 0.307 e. The maximum atomic E-state index is 11.6. The number of hydrogen-bond donors (Lipinski definition) is 2. The topological polar surface area (TPSA) is 115 Å². The highest BCUT2D eigenvalue weighted by Gasteiger charge is 2.15. The smallest absolute Gasteiger partial charge is 0.307 e. The summed E-state index contributed by atoms with van der Waals surface area (Å²) in [5, 5.41) is 19.3. The van der Waals surface area contributed by atoms with Gasteiger partial charge in [-0.15, -0.1) is 0 Å². The second-order valence-corrected chi connectivity index (χ2v) is 10.0. The molecule has 0 aliphatic heterocycles. The number of aliphatic carboxylic acids is 2. The predicted octanol–water partition coefficient (Wildman–Crippen LogP) is 6.89. The van der Waals surface area contributed by atoms with Crippen LogP contribution in [0.4, 0.5) is 0 Å². The molecule has 0 fully saturated rings. The van der Waals surface area contributed by atoms with Crippen LogP contribution in [-0.2, 0) is 29.0 Å². The van der Waals surface area contributed by atoms with Gasteiger partial charge in [0.2, 0.25) is 5.89 Å². The molecule has 0 aliphatic carbocycles. The van der Waals surface area contributed by atoms with Gasteiger partial charge in [0.1, 0.15) is 11.5 Å². The molecule has 0 aliphatic rings. The van der Waals surface area contributed by atoms with E-state index in [0.717, 1.165) is 44.8 Å². The summed E-state index contributed by atoms with van der Waals surface area (Å²) in [7, 11) is 0. The highest BCUT2D eigenvalue weighted by atomic mass is 16.5. The summed E-state index contributed by atoms with van der Waals surface area (Å²) in [6.07, 6.45) is 6.82. The Labute approximate surface area is 243 Å². The number of hydrogen-bond acceptors (Lipinski definition) is 5. The van der Waals surface area contributed by atoms with Crippen LogP contribution < -0.4 is 4.74 Å². The SMILES string of the molecule is Cc1oc(-c2ccccc2)nc1CCOc1ccc(/C=C/c2cccc3c2c(CC(=O)O)cn3CCCC(=O)O)cc1. The summed E-state index contributed by atoms with van der Waals surface area (Å²) in [5.74, 6) is 0.389. The summed E-state index contributed by atoms with van der Waals surface area (Å²) < 4.78 is 13.7. The van der Waals surface area contributed by atoms with Crippen LogP contribution in [-0.4, -0.2) is 38.3 Å². The van der Waals surface area contributed by atoms with Gasteiger partial charge in [-0.05, 0) is 60.4 Å². The molecule has 0 unspecified atom stereocenters. The number of aromatic nitrogens is 2. The van der Waals surface area contributed by atoms with Crippen molar-refractivity contribution in [3.05, 3.63) is 107 Å². The minimum Gasteiger partial charge on any atom is -0.493 e. The standard InChI is InChI=1S/C34H32N2O6/c1-23-29(35-34(42-23)26-7-3-2-4-8-26)18-20-41-28-16-13-24(14-17-28)12-15-25-9-5-10-30-33(25)27(21-32(39)40)22-36(30)19-6-11-31(37)38/h2-5,7-10,12-17,22H,6,11,18-21H2,1H3,(H,37,38)(H,39,40)/b15-12+. The molecule has 2 heterocycles. The number of carboxylic acids is 2. The fraction of sp³-hybridized carbons (Fsp3) is 0.206. The number of aryl methyl sites for hydroxylation is 2. The first kappa shape index (κ1) is 28.4. The van der Waals surface area contributed by atoms with Crippen molar-refractivity contribution >= 4 is 35.0 Å². The third-order valence-electron chi connectivity index (χ3n) is 7.00. The van der Waals surface area contributed by atoms with Gasteiger partial charge >= 0.3 is 11.9 Å². The number of nitrogens with zero attached hydrogens (tertiary/aromatic N) is 2. The highest BCUT2D eigenvalue weighted by Crippen LogP contribution is 2.28. The van der Waals surface area contributed by atoms with Crippen LogP contribution in [0.15, 0.2) is 83.4 Å². The van der Waals surface area contributed by atoms with Gasteiger partial charge in [0.25, 0.3) is 0 Å². The van der Waals surface area contributed by atoms with E-state index in [1.54, 1.807) is 0 Å². The molecule has 0 bridgehead atoms. The molecule has 0 spiro atoms. The lowest BCUT2D eigenvalue weighted by Gasteiger charge is -2.06. The predicted molar refractivity (Wildman–Crippen MR) is 161 cm³/mol. The van der Waals surface area contributed by atoms with Gasteiger partial charge in [-0.3, -0.25) is 9.59 Å². The second kappa shape index (κ2) is 13.0. The first-order valence-corrected chi connectivity index (χ1v) is 13.8. The molecule has 214 valence electrons. The molecule has 42 heavy (non-hydrogen) atoms. The van der Waals surface area contributed by atoms with E-state index in [1.165, 1.54) is 0 Å². The summed E-state index contributed by atoms with van der Waals surface area (Å²) in [5.41, 5.74) is 5.29. The van der Waals surface area contributed by atoms with Gasteiger partial charge < -0.3 is 23.9 Å². The summed E-state index contributed by atoms with van der Waals surface area (Å²) in [6, 6.07) is 23.4. The van der Waals surface area contributed by atoms with Crippen LogP contribution in [0.5, 0.6) is 5.75 Å². The quantitative estimate of drug-likeness (QED) is 0.150. The van der Waals surface area contributed by atoms with E-state index in [9.17, 15) is 14.7 Å². The van der Waals surface area contributed by atoms with Crippen molar-refractivity contribution in [3.8, 4) is 17.2 Å². The molecular weight excluding hydrogens is 532 g/mol. The van der Waals surface area contributed by atoms with E-state index in [2.05, 4.69) is 4.98 Å². The zero-order valence-electron chi connectivity index (χ0n) is 23.3. The van der Waals surface area contributed by atoms with Crippen molar-refractivity contribution in [3.63, 3.8) is 0 Å². The van der Waals surface area contributed by atoms with Crippen molar-refractivity contribution in [2.75, 3.05) is 6.61 Å². The fourth-order valence-corrected chi connectivity index (χ4v) is 4.98. The normalized spacial score (nSPS) is 11.4. The van der Waals surface area contributed by atoms with E-state index < -0.39 is 11.9 Å². The first-order chi connectivity index (χ1) is 20.4. The Morgan fingerprint density at radius 2 is 1.74 bits per heavy atom. The fourth-order valence-electron chi connectivity index (χ4n) is 4.98. The summed E-state index contributed by atoms with van der Waals surface area (Å²) >= 11 is 0. The molecule has 3 aromatic carbocycles. The van der Waals surface area contributed by atoms with Crippen molar-refractivity contribution in [2.24, 2.45) is 0 Å². The van der Waals surface area contributed by atoms with Gasteiger partial charge in [0.05, 0.1) is 18.7 Å². The molecule has 0 saturated carbocycles. The van der Waals surface area contributed by atoms with Gasteiger partial charge in [0, 0.05) is 42.0 Å². The molecule has 2 N–H and O–H groups in total. The van der Waals surface area contributed by atoms with Crippen molar-refractivity contribution in [1.82, 2.24) is 9.55 Å². The monoisotopic (exact) mass is 564 g/mol. The minimum atomic E-state index is -0.913. The van der Waals surface area contributed by atoms with Crippen molar-refractivity contribution in [1.29, 1.82) is 0 Å². The van der Waals surface area contributed by atoms with Gasteiger partial charge in [-0.2, -0.15) is 0 Å². The number of carbonyl (C=O) groups is 2. The van der Waals surface area contributed by atoms with Crippen molar-refractivity contribution < 1.29 is 29.0 Å². The molecule has 0 atom stereocenters. The second-order valence-electron chi connectivity index (χ2n) is 10.0. The van der Waals surface area contributed by atoms with E-state index in [-0.39, 0.29) is 12.8 Å². The molecule has 0 saturated heterocycles. The van der Waals surface area contributed by atoms with E-state index in [1.807, 2.05) is 103 Å². The molecule has 0 radical (unpaired) electrons. The van der Waals surface area contributed by atoms with Gasteiger partial charge in [0.15, 0.2) is 0 Å². The maximum absolute atomic E-state index is 11.6. The van der Waals surface area contributed by atoms with Gasteiger partial charge in [-0.1, -0.05) is 54.6 Å². The lowest BCUT2D eigenvalue weighted by molar-refractivity contribution is -0.137. The number of ether oxygens (including phenoxy) is 1. The van der Waals surface area contributed by atoms with Crippen LogP contribution >= 0.6 is 0 Å². The minimum absolute atomic E-state index is 0.0578. The van der Waals surface area contributed by atoms with Crippen LogP contribution in [0, 0.1) is 6.92 Å². The molecular formula is C34H32N2O6. The highest BCUT2D eigenvalue weighted by molar-refractivity contribution is 5.96. The zero-order valence-corrected chi connectivity index (χ0v) is 23.3. The largest absolute Gasteiger partial charge is 0.493 e. The summed E-state index contributed by atoms with van der Waals surface area (Å²) in [4.78, 5) is 27.1. The molecule has 8 nitrogen and oxygen atoms in total. The van der Waals surface area contributed by atoms with Crippen LogP contribution in [0.25, 0.3) is 34.5 Å². The van der Waals surface area contributed by atoms with E-state index in [4.69, 9.17) is 14.3 Å². The molecule has 8 heteroatoms. The average Bonchev–Trinajstić information content (AvgIpc) is 3.52. The Morgan fingerprint density at radius 1 is 0.952 bits per heavy atom. The van der Waals surface area contributed by atoms with E-state index in [0.29, 0.717) is 37.4 Å². The Kier molecular flexibility index (Phi) is 8.82. The molecule has 5 aromatic rings. The Balaban J connectivity index is 1.25. The Morgan fingerprint density at radius 3 is 2.48 bits per heavy atom. The number of oxazole rings is 1. The number of carboxylic acid groups (broad SMARTS) is 2. The number of rotatable bonds is 13. The summed E-state index contributed by atoms with van der Waals surface area (Å²) in [6.45, 7) is 2.88. The van der Waals surface area contributed by atoms with Crippen LogP contribution in [0.1, 0.15) is 41.0 Å². The lowest BCUT2D eigenvalue weighted by Crippen LogP contribution is -2.02. The average molecular weight is 565 g/mol. The molecule has 5 rings (SSSR count). The Hall–Kier alpha value is -5.11. The van der Waals surface area contributed by atoms with Crippen LogP contribution in [0.3, 0.4) is 0 Å². The lowest BCUT2D eigenvalue weighted by atomic mass is 10.0. The van der Waals surface area contributed by atoms with Crippen LogP contribution in [0.2, 0.25) is 0 Å².